The molecule has 0 heterocycles. The monoisotopic (exact) mass is 311 g/mol. The number of hydrogen-bond acceptors (Lipinski definition) is 4. The number of hydrogen-bond donors (Lipinski definition) is 4. The zero-order chi connectivity index (χ0) is 14.9. The molecule has 0 aliphatic rings. The number of carboxylic acids is 1. The molecule has 1 aromatic rings. The highest BCUT2D eigenvalue weighted by Gasteiger charge is 2.09. The summed E-state index contributed by atoms with van der Waals surface area (Å²) in [4.78, 5) is 30.2. The largest absolute Gasteiger partial charge is 0.480 e. The molecule has 0 radical (unpaired) electrons. The molecule has 0 aliphatic carbocycles. The Morgan fingerprint density at radius 1 is 1.42 bits per heavy atom. The number of nitrogens with one attached hydrogen (secondary N) is 1. The van der Waals surface area contributed by atoms with Crippen molar-refractivity contribution in [1.29, 1.82) is 0 Å². The van der Waals surface area contributed by atoms with Crippen molar-refractivity contribution in [2.45, 2.75) is 19.6 Å². The second-order valence-electron chi connectivity index (χ2n) is 3.42. The van der Waals surface area contributed by atoms with Crippen LogP contribution in [0.2, 0.25) is 0 Å². The van der Waals surface area contributed by atoms with Gasteiger partial charge >= 0.3 is 12.9 Å². The van der Waals surface area contributed by atoms with Crippen molar-refractivity contribution < 1.29 is 29.1 Å². The van der Waals surface area contributed by atoms with Crippen LogP contribution in [0.3, 0.4) is 0 Å². The van der Waals surface area contributed by atoms with Crippen LogP contribution in [0.1, 0.15) is 12.5 Å². The molecule has 7 nitrogen and oxygen atoms in total. The number of benzene rings is 1. The normalized spacial score (nSPS) is 12.2. The van der Waals surface area contributed by atoms with E-state index in [4.69, 9.17) is 24.3 Å². The lowest BCUT2D eigenvalue weighted by Crippen LogP contribution is -2.33. The van der Waals surface area contributed by atoms with E-state index in [1.165, 1.54) is 6.92 Å². The fourth-order valence-electron chi connectivity index (χ4n) is 0.875. The van der Waals surface area contributed by atoms with Crippen molar-refractivity contribution in [2.75, 3.05) is 0 Å². The number of halogens is 1. The lowest BCUT2D eigenvalue weighted by molar-refractivity contribution is -0.143. The van der Waals surface area contributed by atoms with Crippen molar-refractivity contribution >= 4 is 24.2 Å². The zero-order valence-corrected chi connectivity index (χ0v) is 11.7. The number of aliphatic carboxylic acids is 1. The van der Waals surface area contributed by atoms with E-state index in [0.717, 1.165) is 5.56 Å². The lowest BCUT2D eigenvalue weighted by Gasteiger charge is -2.08. The first-order valence-electron chi connectivity index (χ1n) is 5.09. The standard InChI is InChI=1S/C10H13NO3.ClH2O3P/c1-8(10(12)13)11-14-7-9-5-3-2-4-6-9;1-5(2,3)4/h2-6,8,11H,7H2,1H3,(H,12,13);(H2,2,3,4). The summed E-state index contributed by atoms with van der Waals surface area (Å²) in [7, 11) is 0. The van der Waals surface area contributed by atoms with E-state index in [-0.39, 0.29) is 0 Å². The lowest BCUT2D eigenvalue weighted by atomic mass is 10.2. The maximum Gasteiger partial charge on any atom is 0.419 e. The Hall–Kier alpha value is -0.950. The fraction of sp³-hybridized carbons (Fsp3) is 0.300. The van der Waals surface area contributed by atoms with Gasteiger partial charge in [-0.15, -0.1) is 0 Å². The summed E-state index contributed by atoms with van der Waals surface area (Å²) in [5, 5.41) is 8.54. The first-order chi connectivity index (χ1) is 8.70. The summed E-state index contributed by atoms with van der Waals surface area (Å²) in [6.07, 6.45) is 0. The average molecular weight is 312 g/mol. The summed E-state index contributed by atoms with van der Waals surface area (Å²) in [6.45, 7) is -2.29. The summed E-state index contributed by atoms with van der Waals surface area (Å²) in [6, 6.07) is 8.84. The van der Waals surface area contributed by atoms with Crippen molar-refractivity contribution in [3.63, 3.8) is 0 Å². The van der Waals surface area contributed by atoms with Gasteiger partial charge in [0.2, 0.25) is 0 Å². The van der Waals surface area contributed by atoms with Gasteiger partial charge in [-0.25, -0.2) is 4.57 Å². The van der Waals surface area contributed by atoms with Crippen LogP contribution in [0.4, 0.5) is 0 Å². The van der Waals surface area contributed by atoms with Gasteiger partial charge in [-0.05, 0) is 12.5 Å². The third-order valence-corrected chi connectivity index (χ3v) is 1.71. The number of hydroxylamine groups is 1. The third-order valence-electron chi connectivity index (χ3n) is 1.71. The molecule has 1 rings (SSSR count). The smallest absolute Gasteiger partial charge is 0.419 e. The number of carboxylic acid groups (broad SMARTS) is 1. The predicted octanol–water partition coefficient (Wildman–Crippen LogP) is 1.50. The van der Waals surface area contributed by atoms with Gasteiger partial charge in [-0.2, -0.15) is 5.48 Å². The van der Waals surface area contributed by atoms with E-state index in [1.54, 1.807) is 0 Å². The van der Waals surface area contributed by atoms with Crippen LogP contribution in [0.5, 0.6) is 0 Å². The summed E-state index contributed by atoms with van der Waals surface area (Å²) in [5.74, 6) is -0.932. The molecule has 0 fully saturated rings. The van der Waals surface area contributed by atoms with E-state index in [1.807, 2.05) is 30.3 Å². The Bertz CT molecular complexity index is 415. The van der Waals surface area contributed by atoms with Crippen LogP contribution in [0.25, 0.3) is 0 Å². The minimum atomic E-state index is -4.17. The van der Waals surface area contributed by atoms with E-state index < -0.39 is 19.0 Å². The van der Waals surface area contributed by atoms with Crippen molar-refractivity contribution in [3.05, 3.63) is 35.9 Å². The Balaban J connectivity index is 0.000000555. The Labute approximate surface area is 115 Å². The number of rotatable bonds is 5. The number of carbonyl (C=O) groups is 1. The molecule has 1 atom stereocenters. The van der Waals surface area contributed by atoms with Gasteiger partial charge in [0.05, 0.1) is 6.61 Å². The van der Waals surface area contributed by atoms with E-state index in [2.05, 4.69) is 16.7 Å². The zero-order valence-electron chi connectivity index (χ0n) is 10.1. The molecular formula is C10H15ClNO6P. The van der Waals surface area contributed by atoms with Gasteiger partial charge in [-0.3, -0.25) is 9.63 Å². The van der Waals surface area contributed by atoms with Crippen LogP contribution < -0.4 is 5.48 Å². The molecule has 1 unspecified atom stereocenters. The maximum atomic E-state index is 10.4. The molecule has 1 aromatic carbocycles. The van der Waals surface area contributed by atoms with Crippen LogP contribution in [-0.4, -0.2) is 26.9 Å². The molecule has 0 aliphatic heterocycles. The molecule has 0 spiro atoms. The first kappa shape index (κ1) is 18.0. The molecule has 19 heavy (non-hydrogen) atoms. The molecule has 0 saturated heterocycles. The minimum absolute atomic E-state index is 0.360. The van der Waals surface area contributed by atoms with Gasteiger partial charge in [-0.1, -0.05) is 30.3 Å². The van der Waals surface area contributed by atoms with Crippen LogP contribution in [0.15, 0.2) is 30.3 Å². The SMILES string of the molecule is CC(NOCc1ccccc1)C(=O)O.O=P(O)(O)Cl. The molecule has 0 saturated carbocycles. The Morgan fingerprint density at radius 2 is 1.89 bits per heavy atom. The highest BCUT2D eigenvalue weighted by molar-refractivity contribution is 7.79. The molecule has 108 valence electrons. The second kappa shape index (κ2) is 9.03. The molecule has 0 amide bonds. The predicted molar refractivity (Wildman–Crippen MR) is 69.4 cm³/mol. The first-order valence-corrected chi connectivity index (χ1v) is 7.61. The van der Waals surface area contributed by atoms with Crippen LogP contribution in [0, 0.1) is 0 Å². The van der Waals surface area contributed by atoms with Gasteiger partial charge in [0, 0.05) is 11.2 Å². The van der Waals surface area contributed by atoms with Gasteiger partial charge in [0.25, 0.3) is 0 Å². The fourth-order valence-corrected chi connectivity index (χ4v) is 0.875. The Kier molecular flexibility index (Phi) is 8.58. The van der Waals surface area contributed by atoms with E-state index >= 15 is 0 Å². The maximum absolute atomic E-state index is 10.4. The highest BCUT2D eigenvalue weighted by atomic mass is 35.7. The van der Waals surface area contributed by atoms with Gasteiger partial charge < -0.3 is 14.9 Å². The molecule has 9 heteroatoms. The minimum Gasteiger partial charge on any atom is -0.480 e. The van der Waals surface area contributed by atoms with Crippen LogP contribution in [-0.2, 0) is 20.8 Å². The summed E-state index contributed by atoms with van der Waals surface area (Å²) >= 11 is 4.20. The topological polar surface area (TPSA) is 116 Å². The highest BCUT2D eigenvalue weighted by Crippen LogP contribution is 2.39. The van der Waals surface area contributed by atoms with Crippen molar-refractivity contribution in [3.8, 4) is 0 Å². The molecular weight excluding hydrogens is 297 g/mol. The quantitative estimate of drug-likeness (QED) is 0.481. The average Bonchev–Trinajstić information content (AvgIpc) is 2.28. The van der Waals surface area contributed by atoms with Crippen LogP contribution >= 0.6 is 18.2 Å². The van der Waals surface area contributed by atoms with E-state index in [0.29, 0.717) is 6.61 Å². The van der Waals surface area contributed by atoms with Gasteiger partial charge in [0.1, 0.15) is 6.04 Å². The Morgan fingerprint density at radius 3 is 2.32 bits per heavy atom. The molecule has 0 bridgehead atoms. The van der Waals surface area contributed by atoms with Crippen molar-refractivity contribution in [1.82, 2.24) is 5.48 Å². The third kappa shape index (κ3) is 13.3. The molecule has 0 aromatic heterocycles. The second-order valence-corrected chi connectivity index (χ2v) is 5.69. The molecule has 4 N–H and O–H groups in total. The van der Waals surface area contributed by atoms with Gasteiger partial charge in [0.15, 0.2) is 0 Å². The summed E-state index contributed by atoms with van der Waals surface area (Å²) < 4.78 is 9.09. The summed E-state index contributed by atoms with van der Waals surface area (Å²) in [5.41, 5.74) is 3.43. The van der Waals surface area contributed by atoms with E-state index in [9.17, 15) is 4.79 Å². The van der Waals surface area contributed by atoms with Crippen molar-refractivity contribution in [2.24, 2.45) is 0 Å².